The van der Waals surface area contributed by atoms with Crippen molar-refractivity contribution in [2.24, 2.45) is 0 Å². The van der Waals surface area contributed by atoms with Crippen molar-refractivity contribution in [2.75, 3.05) is 30.4 Å². The summed E-state index contributed by atoms with van der Waals surface area (Å²) in [5.41, 5.74) is 2.05. The fourth-order valence-corrected chi connectivity index (χ4v) is 2.94. The molecular weight excluding hydrogens is 331 g/mol. The second-order valence-corrected chi connectivity index (χ2v) is 6.13. The third kappa shape index (κ3) is 3.68. The van der Waals surface area contributed by atoms with E-state index in [4.69, 9.17) is 16.3 Å². The molecule has 1 aliphatic heterocycles. The Kier molecular flexibility index (Phi) is 5.02. The molecule has 0 aromatic heterocycles. The first-order valence-electron chi connectivity index (χ1n) is 7.71. The monoisotopic (exact) mass is 348 g/mol. The van der Waals surface area contributed by atoms with Crippen LogP contribution in [0.2, 0.25) is 5.02 Å². The zero-order chi connectivity index (χ0) is 17.1. The maximum absolute atomic E-state index is 13.1. The molecule has 4 nitrogen and oxygen atoms in total. The molecule has 126 valence electrons. The van der Waals surface area contributed by atoms with Crippen molar-refractivity contribution in [3.63, 3.8) is 0 Å². The minimum Gasteiger partial charge on any atom is -0.380 e. The zero-order valence-electron chi connectivity index (χ0n) is 13.3. The van der Waals surface area contributed by atoms with Gasteiger partial charge in [0.05, 0.1) is 11.1 Å². The molecule has 2 aromatic rings. The van der Waals surface area contributed by atoms with Crippen LogP contribution in [0.1, 0.15) is 16.8 Å². The van der Waals surface area contributed by atoms with Gasteiger partial charge in [-0.05, 0) is 48.9 Å². The van der Waals surface area contributed by atoms with Gasteiger partial charge in [-0.3, -0.25) is 4.79 Å². The van der Waals surface area contributed by atoms with Crippen molar-refractivity contribution in [1.82, 2.24) is 0 Å². The molecule has 1 heterocycles. The Morgan fingerprint density at radius 2 is 2.04 bits per heavy atom. The van der Waals surface area contributed by atoms with E-state index in [1.807, 2.05) is 12.1 Å². The molecule has 2 aromatic carbocycles. The SMILES string of the molecule is CO[C@H]1CCN(c2ccc(C(=O)Nc3ccc(F)c(Cl)c3)cc2)C1. The smallest absolute Gasteiger partial charge is 0.255 e. The van der Waals surface area contributed by atoms with Crippen molar-refractivity contribution < 1.29 is 13.9 Å². The van der Waals surface area contributed by atoms with E-state index in [1.165, 1.54) is 18.2 Å². The lowest BCUT2D eigenvalue weighted by Gasteiger charge is -2.18. The van der Waals surface area contributed by atoms with Crippen molar-refractivity contribution in [2.45, 2.75) is 12.5 Å². The number of nitrogens with zero attached hydrogens (tertiary/aromatic N) is 1. The van der Waals surface area contributed by atoms with E-state index in [0.717, 1.165) is 25.2 Å². The number of carbonyl (C=O) groups is 1. The number of methoxy groups -OCH3 is 1. The fraction of sp³-hybridized carbons (Fsp3) is 0.278. The number of hydrogen-bond acceptors (Lipinski definition) is 3. The van der Waals surface area contributed by atoms with E-state index in [1.54, 1.807) is 19.2 Å². The van der Waals surface area contributed by atoms with Gasteiger partial charge < -0.3 is 15.0 Å². The average Bonchev–Trinajstić information content (AvgIpc) is 3.07. The van der Waals surface area contributed by atoms with Crippen LogP contribution in [-0.2, 0) is 4.74 Å². The standard InChI is InChI=1S/C18H18ClFN2O2/c1-24-15-8-9-22(11-15)14-5-2-12(3-6-14)18(23)21-13-4-7-17(20)16(19)10-13/h2-7,10,15H,8-9,11H2,1H3,(H,21,23)/t15-/m0/s1. The number of hydrogen-bond donors (Lipinski definition) is 1. The van der Waals surface area contributed by atoms with E-state index in [2.05, 4.69) is 10.2 Å². The Bertz CT molecular complexity index is 736. The van der Waals surface area contributed by atoms with Gasteiger partial charge in [0, 0.05) is 37.1 Å². The molecule has 1 amide bonds. The maximum atomic E-state index is 13.1. The molecule has 24 heavy (non-hydrogen) atoms. The first-order chi connectivity index (χ1) is 11.6. The number of rotatable bonds is 4. The Morgan fingerprint density at radius 1 is 1.29 bits per heavy atom. The van der Waals surface area contributed by atoms with Crippen molar-refractivity contribution in [3.05, 3.63) is 58.9 Å². The quantitative estimate of drug-likeness (QED) is 0.909. The lowest BCUT2D eigenvalue weighted by atomic mass is 10.1. The molecule has 1 fully saturated rings. The van der Waals surface area contributed by atoms with Crippen LogP contribution in [0.5, 0.6) is 0 Å². The second kappa shape index (κ2) is 7.20. The van der Waals surface area contributed by atoms with E-state index in [-0.39, 0.29) is 17.0 Å². The first-order valence-corrected chi connectivity index (χ1v) is 8.09. The maximum Gasteiger partial charge on any atom is 0.255 e. The summed E-state index contributed by atoms with van der Waals surface area (Å²) in [7, 11) is 1.73. The summed E-state index contributed by atoms with van der Waals surface area (Å²) in [5, 5.41) is 2.68. The summed E-state index contributed by atoms with van der Waals surface area (Å²) in [5.74, 6) is -0.778. The largest absolute Gasteiger partial charge is 0.380 e. The summed E-state index contributed by atoms with van der Waals surface area (Å²) in [4.78, 5) is 14.5. The Labute approximate surface area is 145 Å². The van der Waals surface area contributed by atoms with Crippen LogP contribution < -0.4 is 10.2 Å². The van der Waals surface area contributed by atoms with Crippen molar-refractivity contribution in [1.29, 1.82) is 0 Å². The van der Waals surface area contributed by atoms with Crippen LogP contribution in [0.25, 0.3) is 0 Å². The van der Waals surface area contributed by atoms with E-state index in [9.17, 15) is 9.18 Å². The molecule has 1 aliphatic rings. The van der Waals surface area contributed by atoms with Crippen LogP contribution in [0.15, 0.2) is 42.5 Å². The lowest BCUT2D eigenvalue weighted by molar-refractivity contribution is 0.102. The highest BCUT2D eigenvalue weighted by atomic mass is 35.5. The molecule has 1 atom stereocenters. The fourth-order valence-electron chi connectivity index (χ4n) is 2.76. The van der Waals surface area contributed by atoms with Crippen molar-refractivity contribution >= 4 is 28.9 Å². The molecule has 0 radical (unpaired) electrons. The highest BCUT2D eigenvalue weighted by molar-refractivity contribution is 6.31. The highest BCUT2D eigenvalue weighted by Crippen LogP contribution is 2.23. The molecule has 0 unspecified atom stereocenters. The number of carbonyl (C=O) groups excluding carboxylic acids is 1. The topological polar surface area (TPSA) is 41.6 Å². The zero-order valence-corrected chi connectivity index (χ0v) is 14.0. The molecule has 0 aliphatic carbocycles. The third-order valence-corrected chi connectivity index (χ3v) is 4.44. The van der Waals surface area contributed by atoms with Crippen molar-refractivity contribution in [3.8, 4) is 0 Å². The molecule has 0 spiro atoms. The number of halogens is 2. The van der Waals surface area contributed by atoms with Gasteiger partial charge in [0.2, 0.25) is 0 Å². The number of amides is 1. The molecular formula is C18H18ClFN2O2. The van der Waals surface area contributed by atoms with Gasteiger partial charge in [-0.15, -0.1) is 0 Å². The van der Waals surface area contributed by atoms with Gasteiger partial charge in [0.25, 0.3) is 5.91 Å². The van der Waals surface area contributed by atoms with Gasteiger partial charge >= 0.3 is 0 Å². The van der Waals surface area contributed by atoms with Crippen LogP contribution in [0.3, 0.4) is 0 Å². The summed E-state index contributed by atoms with van der Waals surface area (Å²) >= 11 is 5.72. The Hall–Kier alpha value is -2.11. The predicted molar refractivity (Wildman–Crippen MR) is 93.4 cm³/mol. The number of benzene rings is 2. The molecule has 6 heteroatoms. The summed E-state index contributed by atoms with van der Waals surface area (Å²) in [6.07, 6.45) is 1.26. The molecule has 1 N–H and O–H groups in total. The van der Waals surface area contributed by atoms with Crippen LogP contribution in [0, 0.1) is 5.82 Å². The van der Waals surface area contributed by atoms with Crippen LogP contribution in [-0.4, -0.2) is 32.2 Å². The van der Waals surface area contributed by atoms with Gasteiger partial charge in [0.1, 0.15) is 5.82 Å². The van der Waals surface area contributed by atoms with Gasteiger partial charge in [0.15, 0.2) is 0 Å². The van der Waals surface area contributed by atoms with Gasteiger partial charge in [-0.1, -0.05) is 11.6 Å². The van der Waals surface area contributed by atoms with E-state index in [0.29, 0.717) is 11.3 Å². The van der Waals surface area contributed by atoms with E-state index < -0.39 is 5.82 Å². The normalized spacial score (nSPS) is 17.1. The second-order valence-electron chi connectivity index (χ2n) is 5.72. The summed E-state index contributed by atoms with van der Waals surface area (Å²) in [6.45, 7) is 1.80. The van der Waals surface area contributed by atoms with Gasteiger partial charge in [-0.25, -0.2) is 4.39 Å². The Balaban J connectivity index is 1.66. The molecule has 3 rings (SSSR count). The molecule has 0 saturated carbocycles. The van der Waals surface area contributed by atoms with Crippen LogP contribution >= 0.6 is 11.6 Å². The van der Waals surface area contributed by atoms with E-state index >= 15 is 0 Å². The first kappa shape index (κ1) is 16.7. The molecule has 1 saturated heterocycles. The summed E-state index contributed by atoms with van der Waals surface area (Å²) < 4.78 is 18.5. The summed E-state index contributed by atoms with van der Waals surface area (Å²) in [6, 6.07) is 11.5. The number of anilines is 2. The minimum atomic E-state index is -0.515. The number of ether oxygens (including phenoxy) is 1. The lowest BCUT2D eigenvalue weighted by Crippen LogP contribution is -2.22. The highest BCUT2D eigenvalue weighted by Gasteiger charge is 2.22. The number of nitrogens with one attached hydrogen (secondary N) is 1. The third-order valence-electron chi connectivity index (χ3n) is 4.15. The predicted octanol–water partition coefficient (Wildman–Crippen LogP) is 3.96. The van der Waals surface area contributed by atoms with Crippen LogP contribution in [0.4, 0.5) is 15.8 Å². The average molecular weight is 349 g/mol. The minimum absolute atomic E-state index is 0.0233. The van der Waals surface area contributed by atoms with Gasteiger partial charge in [-0.2, -0.15) is 0 Å². The molecule has 0 bridgehead atoms. The Morgan fingerprint density at radius 3 is 2.67 bits per heavy atom.